The zero-order chi connectivity index (χ0) is 22.8. The van der Waals surface area contributed by atoms with Gasteiger partial charge in [-0.25, -0.2) is 9.78 Å². The number of imidazole rings is 1. The predicted molar refractivity (Wildman–Crippen MR) is 133 cm³/mol. The number of rotatable bonds is 6. The molecule has 1 saturated carbocycles. The molecule has 1 fully saturated rings. The van der Waals surface area contributed by atoms with Gasteiger partial charge in [-0.15, -0.1) is 0 Å². The van der Waals surface area contributed by atoms with E-state index in [4.69, 9.17) is 16.6 Å². The average molecular weight is 460 g/mol. The molecule has 3 aromatic carbocycles. The third-order valence-corrected chi connectivity index (χ3v) is 6.65. The van der Waals surface area contributed by atoms with Crippen LogP contribution in [0, 0.1) is 0 Å². The smallest absolute Gasteiger partial charge is 0.335 e. The Bertz CT molecular complexity index is 1290. The highest BCUT2D eigenvalue weighted by Crippen LogP contribution is 2.36. The summed E-state index contributed by atoms with van der Waals surface area (Å²) >= 11 is 5.99. The van der Waals surface area contributed by atoms with Gasteiger partial charge in [-0.3, -0.25) is 0 Å². The summed E-state index contributed by atoms with van der Waals surface area (Å²) in [6, 6.07) is 21.8. The minimum atomic E-state index is -0.930. The van der Waals surface area contributed by atoms with E-state index in [1.807, 2.05) is 30.3 Å². The fourth-order valence-corrected chi connectivity index (χ4v) is 4.86. The molecule has 0 amide bonds. The Morgan fingerprint density at radius 2 is 1.82 bits per heavy atom. The fraction of sp³-hybridized carbons (Fsp3) is 0.259. The van der Waals surface area contributed by atoms with Crippen LogP contribution in [-0.2, 0) is 6.54 Å². The van der Waals surface area contributed by atoms with Gasteiger partial charge in [0.05, 0.1) is 16.6 Å². The fourth-order valence-electron chi connectivity index (χ4n) is 4.74. The number of carboxylic acids is 1. The van der Waals surface area contributed by atoms with E-state index in [1.165, 1.54) is 19.3 Å². The van der Waals surface area contributed by atoms with E-state index < -0.39 is 5.97 Å². The predicted octanol–water partition coefficient (Wildman–Crippen LogP) is 7.17. The van der Waals surface area contributed by atoms with E-state index in [2.05, 4.69) is 34.1 Å². The molecule has 1 aromatic heterocycles. The second-order valence-corrected chi connectivity index (χ2v) is 9.10. The van der Waals surface area contributed by atoms with Crippen LogP contribution in [0.1, 0.15) is 54.1 Å². The molecule has 0 unspecified atom stereocenters. The number of anilines is 1. The third-order valence-electron chi connectivity index (χ3n) is 6.40. The number of nitrogens with zero attached hydrogens (tertiary/aromatic N) is 2. The van der Waals surface area contributed by atoms with Crippen molar-refractivity contribution in [2.24, 2.45) is 0 Å². The summed E-state index contributed by atoms with van der Waals surface area (Å²) in [6.45, 7) is 0.683. The molecule has 2 N–H and O–H groups in total. The van der Waals surface area contributed by atoms with Crippen molar-refractivity contribution in [3.63, 3.8) is 0 Å². The van der Waals surface area contributed by atoms with Gasteiger partial charge in [0.1, 0.15) is 5.82 Å². The van der Waals surface area contributed by atoms with Gasteiger partial charge in [0.2, 0.25) is 0 Å². The minimum Gasteiger partial charge on any atom is -0.478 e. The zero-order valence-corrected chi connectivity index (χ0v) is 19.1. The highest BCUT2D eigenvalue weighted by Gasteiger charge is 2.23. The highest BCUT2D eigenvalue weighted by molar-refractivity contribution is 6.30. The lowest BCUT2D eigenvalue weighted by Gasteiger charge is -2.25. The van der Waals surface area contributed by atoms with Crippen molar-refractivity contribution >= 4 is 34.3 Å². The van der Waals surface area contributed by atoms with Crippen molar-refractivity contribution in [2.45, 2.75) is 44.7 Å². The van der Waals surface area contributed by atoms with Crippen molar-refractivity contribution in [1.82, 2.24) is 9.55 Å². The van der Waals surface area contributed by atoms with E-state index in [-0.39, 0.29) is 5.56 Å². The largest absolute Gasteiger partial charge is 0.478 e. The maximum atomic E-state index is 11.5. The SMILES string of the molecule is O=C(O)c1ccc2c(c1)nc(-c1cccc(CNc3ccc(Cl)cc3)c1)n2C1CCCCC1. The first kappa shape index (κ1) is 21.5. The standard InChI is InChI=1S/C27H26ClN3O2/c28-21-10-12-22(13-11-21)29-17-18-5-4-6-19(15-18)26-30-24-16-20(27(32)33)9-14-25(24)31(26)23-7-2-1-3-8-23/h4-6,9-16,23,29H,1-3,7-8,17H2,(H,32,33). The van der Waals surface area contributed by atoms with Crippen LogP contribution in [-0.4, -0.2) is 20.6 Å². The summed E-state index contributed by atoms with van der Waals surface area (Å²) < 4.78 is 2.34. The van der Waals surface area contributed by atoms with Gasteiger partial charge in [-0.1, -0.05) is 49.1 Å². The molecule has 1 aliphatic rings. The Kier molecular flexibility index (Phi) is 6.05. The Hall–Kier alpha value is -3.31. The van der Waals surface area contributed by atoms with E-state index >= 15 is 0 Å². The Morgan fingerprint density at radius 3 is 2.58 bits per heavy atom. The number of aromatic carboxylic acids is 1. The van der Waals surface area contributed by atoms with E-state index in [0.29, 0.717) is 12.6 Å². The van der Waals surface area contributed by atoms with Crippen LogP contribution in [0.25, 0.3) is 22.4 Å². The number of nitrogens with one attached hydrogen (secondary N) is 1. The molecular formula is C27H26ClN3O2. The number of hydrogen-bond acceptors (Lipinski definition) is 3. The first-order valence-electron chi connectivity index (χ1n) is 11.4. The van der Waals surface area contributed by atoms with Crippen LogP contribution in [0.3, 0.4) is 0 Å². The van der Waals surface area contributed by atoms with Crippen molar-refractivity contribution < 1.29 is 9.90 Å². The number of carboxylic acid groups (broad SMARTS) is 1. The Balaban J connectivity index is 1.52. The van der Waals surface area contributed by atoms with Crippen molar-refractivity contribution in [3.05, 3.63) is 82.9 Å². The monoisotopic (exact) mass is 459 g/mol. The molecule has 0 atom stereocenters. The molecule has 6 heteroatoms. The summed E-state index contributed by atoms with van der Waals surface area (Å²) in [7, 11) is 0. The van der Waals surface area contributed by atoms with E-state index in [0.717, 1.165) is 51.5 Å². The molecule has 168 valence electrons. The Labute approximate surface area is 198 Å². The van der Waals surface area contributed by atoms with E-state index in [1.54, 1.807) is 12.1 Å². The number of aromatic nitrogens is 2. The molecular weight excluding hydrogens is 434 g/mol. The van der Waals surface area contributed by atoms with Crippen LogP contribution < -0.4 is 5.32 Å². The number of hydrogen-bond donors (Lipinski definition) is 2. The van der Waals surface area contributed by atoms with Crippen LogP contribution in [0.15, 0.2) is 66.7 Å². The van der Waals surface area contributed by atoms with E-state index in [9.17, 15) is 9.90 Å². The first-order chi connectivity index (χ1) is 16.1. The maximum absolute atomic E-state index is 11.5. The Morgan fingerprint density at radius 1 is 1.03 bits per heavy atom. The second-order valence-electron chi connectivity index (χ2n) is 8.67. The normalized spacial score (nSPS) is 14.5. The van der Waals surface area contributed by atoms with Gasteiger partial charge in [0.25, 0.3) is 0 Å². The summed E-state index contributed by atoms with van der Waals surface area (Å²) in [6.07, 6.45) is 5.94. The van der Waals surface area contributed by atoms with Crippen LogP contribution in [0.4, 0.5) is 5.69 Å². The van der Waals surface area contributed by atoms with Crippen molar-refractivity contribution in [1.29, 1.82) is 0 Å². The first-order valence-corrected chi connectivity index (χ1v) is 11.8. The van der Waals surface area contributed by atoms with Gasteiger partial charge >= 0.3 is 5.97 Å². The lowest BCUT2D eigenvalue weighted by molar-refractivity contribution is 0.0697. The average Bonchev–Trinajstić information content (AvgIpc) is 3.23. The molecule has 0 bridgehead atoms. The molecule has 1 heterocycles. The van der Waals surface area contributed by atoms with Crippen LogP contribution in [0.2, 0.25) is 5.02 Å². The lowest BCUT2D eigenvalue weighted by Crippen LogP contribution is -2.14. The molecule has 5 rings (SSSR count). The number of halogens is 1. The van der Waals surface area contributed by atoms with Crippen molar-refractivity contribution in [3.8, 4) is 11.4 Å². The number of carbonyl (C=O) groups is 1. The molecule has 0 saturated heterocycles. The summed E-state index contributed by atoms with van der Waals surface area (Å²) in [5, 5.41) is 13.6. The van der Waals surface area contributed by atoms with Gasteiger partial charge in [-0.2, -0.15) is 0 Å². The lowest BCUT2D eigenvalue weighted by atomic mass is 9.94. The van der Waals surface area contributed by atoms with Crippen molar-refractivity contribution in [2.75, 3.05) is 5.32 Å². The number of fused-ring (bicyclic) bond motifs is 1. The quantitative estimate of drug-likeness (QED) is 0.320. The zero-order valence-electron chi connectivity index (χ0n) is 18.3. The topological polar surface area (TPSA) is 67.2 Å². The summed E-state index contributed by atoms with van der Waals surface area (Å²) in [4.78, 5) is 16.4. The van der Waals surface area contributed by atoms with Gasteiger partial charge in [0.15, 0.2) is 0 Å². The maximum Gasteiger partial charge on any atom is 0.335 e. The molecule has 0 radical (unpaired) electrons. The number of benzene rings is 3. The van der Waals surface area contributed by atoms with Gasteiger partial charge < -0.3 is 15.0 Å². The third kappa shape index (κ3) is 4.60. The van der Waals surface area contributed by atoms with Gasteiger partial charge in [-0.05, 0) is 66.9 Å². The second kappa shape index (κ2) is 9.28. The molecule has 33 heavy (non-hydrogen) atoms. The molecule has 0 spiro atoms. The van der Waals surface area contributed by atoms with Gasteiger partial charge in [0, 0.05) is 28.9 Å². The molecule has 0 aliphatic heterocycles. The minimum absolute atomic E-state index is 0.267. The van der Waals surface area contributed by atoms with Crippen LogP contribution in [0.5, 0.6) is 0 Å². The summed E-state index contributed by atoms with van der Waals surface area (Å²) in [5.41, 5.74) is 5.22. The molecule has 1 aliphatic carbocycles. The van der Waals surface area contributed by atoms with Crippen LogP contribution >= 0.6 is 11.6 Å². The highest BCUT2D eigenvalue weighted by atomic mass is 35.5. The molecule has 4 aromatic rings. The summed E-state index contributed by atoms with van der Waals surface area (Å²) in [5.74, 6) is -0.0197. The molecule has 5 nitrogen and oxygen atoms in total.